The maximum absolute atomic E-state index is 12.6. The highest BCUT2D eigenvalue weighted by Gasteiger charge is 2.31. The Morgan fingerprint density at radius 3 is 2.46 bits per heavy atom. The number of nitrogens with zero attached hydrogens (tertiary/aromatic N) is 1. The predicted octanol–water partition coefficient (Wildman–Crippen LogP) is 4.00. The van der Waals surface area contributed by atoms with E-state index in [9.17, 15) is 18.0 Å². The van der Waals surface area contributed by atoms with Crippen LogP contribution in [-0.2, 0) is 11.0 Å². The van der Waals surface area contributed by atoms with Crippen molar-refractivity contribution in [3.63, 3.8) is 0 Å². The van der Waals surface area contributed by atoms with Gasteiger partial charge in [0.05, 0.1) is 5.56 Å². The van der Waals surface area contributed by atoms with Crippen LogP contribution in [0, 0.1) is 5.92 Å². The average Bonchev–Trinajstić information content (AvgIpc) is 2.54. The van der Waals surface area contributed by atoms with Crippen molar-refractivity contribution in [3.05, 3.63) is 35.4 Å². The third kappa shape index (κ3) is 4.50. The highest BCUT2D eigenvalue weighted by molar-refractivity contribution is 5.73. The molecule has 134 valence electrons. The van der Waals surface area contributed by atoms with Crippen LogP contribution in [0.1, 0.15) is 50.8 Å². The molecule has 3 nitrogen and oxygen atoms in total. The normalized spacial score (nSPS) is 23.2. The average molecular weight is 342 g/mol. The van der Waals surface area contributed by atoms with Gasteiger partial charge in [-0.25, -0.2) is 0 Å². The molecule has 0 bridgehead atoms. The Balaban J connectivity index is 2.01. The van der Waals surface area contributed by atoms with Gasteiger partial charge in [-0.1, -0.05) is 25.5 Å². The first-order chi connectivity index (χ1) is 11.2. The minimum atomic E-state index is -4.30. The second-order valence-electron chi connectivity index (χ2n) is 6.54. The number of benzene rings is 1. The molecule has 3 atom stereocenters. The monoisotopic (exact) mass is 342 g/mol. The molecule has 1 aromatic carbocycles. The quantitative estimate of drug-likeness (QED) is 0.897. The number of carbonyl (C=O) groups is 1. The third-order valence-corrected chi connectivity index (χ3v) is 4.91. The van der Waals surface area contributed by atoms with E-state index in [4.69, 9.17) is 0 Å². The second kappa shape index (κ2) is 7.55. The molecule has 0 radical (unpaired) electrons. The predicted molar refractivity (Wildman–Crippen MR) is 87.4 cm³/mol. The summed E-state index contributed by atoms with van der Waals surface area (Å²) in [5.74, 6) is 0.460. The number of rotatable bonds is 4. The molecule has 1 fully saturated rings. The van der Waals surface area contributed by atoms with Crippen molar-refractivity contribution < 1.29 is 18.0 Å². The zero-order valence-electron chi connectivity index (χ0n) is 14.4. The number of piperidine rings is 1. The van der Waals surface area contributed by atoms with E-state index in [1.54, 1.807) is 6.92 Å². The first-order valence-corrected chi connectivity index (χ1v) is 8.41. The van der Waals surface area contributed by atoms with E-state index in [1.807, 2.05) is 11.8 Å². The zero-order chi connectivity index (χ0) is 17.9. The SMILES string of the molecule is CC[C@@H]1CN(C(C)=O)CC[C@H]1N[C@H](C)c1ccc(C(F)(F)F)cc1. The summed E-state index contributed by atoms with van der Waals surface area (Å²) < 4.78 is 37.9. The maximum atomic E-state index is 12.6. The number of halogens is 3. The Labute approximate surface area is 141 Å². The number of likely N-dealkylation sites (tertiary alicyclic amines) is 1. The molecule has 1 aliphatic heterocycles. The highest BCUT2D eigenvalue weighted by Crippen LogP contribution is 2.30. The Kier molecular flexibility index (Phi) is 5.91. The van der Waals surface area contributed by atoms with Gasteiger partial charge in [0, 0.05) is 32.1 Å². The van der Waals surface area contributed by atoms with Gasteiger partial charge in [-0.05, 0) is 37.0 Å². The van der Waals surface area contributed by atoms with Crippen LogP contribution in [-0.4, -0.2) is 29.9 Å². The van der Waals surface area contributed by atoms with Gasteiger partial charge in [0.2, 0.25) is 5.91 Å². The number of hydrogen-bond donors (Lipinski definition) is 1. The van der Waals surface area contributed by atoms with Gasteiger partial charge in [-0.2, -0.15) is 13.2 Å². The van der Waals surface area contributed by atoms with Crippen molar-refractivity contribution in [1.29, 1.82) is 0 Å². The molecule has 0 spiro atoms. The number of alkyl halides is 3. The van der Waals surface area contributed by atoms with Gasteiger partial charge < -0.3 is 10.2 Å². The minimum Gasteiger partial charge on any atom is -0.343 e. The molecular weight excluding hydrogens is 317 g/mol. The molecule has 1 heterocycles. The van der Waals surface area contributed by atoms with Crippen molar-refractivity contribution in [1.82, 2.24) is 10.2 Å². The fourth-order valence-corrected chi connectivity index (χ4v) is 3.33. The van der Waals surface area contributed by atoms with Crippen molar-refractivity contribution in [3.8, 4) is 0 Å². The topological polar surface area (TPSA) is 32.3 Å². The molecule has 0 aliphatic carbocycles. The summed E-state index contributed by atoms with van der Waals surface area (Å²) in [6.45, 7) is 7.12. The van der Waals surface area contributed by atoms with Crippen LogP contribution in [0.5, 0.6) is 0 Å². The summed E-state index contributed by atoms with van der Waals surface area (Å²) in [7, 11) is 0. The number of amides is 1. The van der Waals surface area contributed by atoms with Crippen molar-refractivity contribution >= 4 is 5.91 Å². The molecule has 0 aromatic heterocycles. The van der Waals surface area contributed by atoms with E-state index in [0.29, 0.717) is 5.92 Å². The van der Waals surface area contributed by atoms with Gasteiger partial charge in [0.15, 0.2) is 0 Å². The lowest BCUT2D eigenvalue weighted by Gasteiger charge is -2.39. The van der Waals surface area contributed by atoms with Crippen molar-refractivity contribution in [2.75, 3.05) is 13.1 Å². The minimum absolute atomic E-state index is 0.0322. The van der Waals surface area contributed by atoms with E-state index in [-0.39, 0.29) is 18.0 Å². The lowest BCUT2D eigenvalue weighted by atomic mass is 9.88. The number of nitrogens with one attached hydrogen (secondary N) is 1. The molecule has 0 unspecified atom stereocenters. The first-order valence-electron chi connectivity index (χ1n) is 8.41. The molecule has 0 saturated carbocycles. The van der Waals surface area contributed by atoms with E-state index in [2.05, 4.69) is 12.2 Å². The van der Waals surface area contributed by atoms with E-state index in [0.717, 1.165) is 43.6 Å². The fourth-order valence-electron chi connectivity index (χ4n) is 3.33. The van der Waals surface area contributed by atoms with Gasteiger partial charge >= 0.3 is 6.18 Å². The van der Waals surface area contributed by atoms with Crippen LogP contribution < -0.4 is 5.32 Å². The fraction of sp³-hybridized carbons (Fsp3) is 0.611. The number of hydrogen-bond acceptors (Lipinski definition) is 2. The molecule has 1 saturated heterocycles. The van der Waals surface area contributed by atoms with Crippen LogP contribution in [0.15, 0.2) is 24.3 Å². The molecule has 2 rings (SSSR count). The third-order valence-electron chi connectivity index (χ3n) is 4.91. The van der Waals surface area contributed by atoms with E-state index in [1.165, 1.54) is 12.1 Å². The smallest absolute Gasteiger partial charge is 0.343 e. The molecular formula is C18H25F3N2O. The summed E-state index contributed by atoms with van der Waals surface area (Å²) in [5, 5.41) is 3.53. The van der Waals surface area contributed by atoms with Gasteiger partial charge in [-0.3, -0.25) is 4.79 Å². The van der Waals surface area contributed by atoms with Crippen LogP contribution in [0.25, 0.3) is 0 Å². The second-order valence-corrected chi connectivity index (χ2v) is 6.54. The van der Waals surface area contributed by atoms with Crippen molar-refractivity contribution in [2.45, 2.75) is 51.9 Å². The highest BCUT2D eigenvalue weighted by atomic mass is 19.4. The summed E-state index contributed by atoms with van der Waals surface area (Å²) in [5.41, 5.74) is 0.214. The lowest BCUT2D eigenvalue weighted by Crippen LogP contribution is -2.50. The molecule has 1 amide bonds. The Morgan fingerprint density at radius 1 is 1.33 bits per heavy atom. The molecule has 24 heavy (non-hydrogen) atoms. The number of carbonyl (C=O) groups excluding carboxylic acids is 1. The summed E-state index contributed by atoms with van der Waals surface area (Å²) in [6, 6.07) is 5.56. The maximum Gasteiger partial charge on any atom is 0.416 e. The van der Waals surface area contributed by atoms with Gasteiger partial charge in [-0.15, -0.1) is 0 Å². The lowest BCUT2D eigenvalue weighted by molar-refractivity contribution is -0.137. The Morgan fingerprint density at radius 2 is 1.96 bits per heavy atom. The Hall–Kier alpha value is -1.56. The molecule has 1 N–H and O–H groups in total. The van der Waals surface area contributed by atoms with Crippen LogP contribution >= 0.6 is 0 Å². The van der Waals surface area contributed by atoms with Crippen molar-refractivity contribution in [2.24, 2.45) is 5.92 Å². The van der Waals surface area contributed by atoms with Crippen LogP contribution in [0.3, 0.4) is 0 Å². The summed E-state index contributed by atoms with van der Waals surface area (Å²) in [4.78, 5) is 13.4. The van der Waals surface area contributed by atoms with Gasteiger partial charge in [0.25, 0.3) is 0 Å². The summed E-state index contributed by atoms with van der Waals surface area (Å²) in [6.07, 6.45) is -2.48. The van der Waals surface area contributed by atoms with E-state index >= 15 is 0 Å². The van der Waals surface area contributed by atoms with E-state index < -0.39 is 11.7 Å². The molecule has 1 aromatic rings. The van der Waals surface area contributed by atoms with Crippen LogP contribution in [0.2, 0.25) is 0 Å². The Bertz CT molecular complexity index is 556. The summed E-state index contributed by atoms with van der Waals surface area (Å²) >= 11 is 0. The molecule has 1 aliphatic rings. The van der Waals surface area contributed by atoms with Gasteiger partial charge in [0.1, 0.15) is 0 Å². The largest absolute Gasteiger partial charge is 0.416 e. The standard InChI is InChI=1S/C18H25F3N2O/c1-4-14-11-23(13(3)24)10-9-17(14)22-12(2)15-5-7-16(8-6-15)18(19,20)21/h5-8,12,14,17,22H,4,9-11H2,1-3H3/t12-,14-,17-/m1/s1. The molecule has 6 heteroatoms. The van der Waals surface area contributed by atoms with Crippen LogP contribution in [0.4, 0.5) is 13.2 Å². The zero-order valence-corrected chi connectivity index (χ0v) is 14.4. The first kappa shape index (κ1) is 18.8.